The van der Waals surface area contributed by atoms with Crippen LogP contribution in [-0.4, -0.2) is 6.21 Å². The number of ether oxygens (including phenoxy) is 1. The maximum Gasteiger partial charge on any atom is 0.131 e. The van der Waals surface area contributed by atoms with E-state index in [-0.39, 0.29) is 12.4 Å². The van der Waals surface area contributed by atoms with E-state index >= 15 is 0 Å². The van der Waals surface area contributed by atoms with Crippen LogP contribution in [0.15, 0.2) is 77.9 Å². The fourth-order valence-corrected chi connectivity index (χ4v) is 2.55. The van der Waals surface area contributed by atoms with Crippen LogP contribution in [0.25, 0.3) is 0 Å². The van der Waals surface area contributed by atoms with Crippen molar-refractivity contribution < 1.29 is 9.13 Å². The number of nitrogens with one attached hydrogen (secondary N) is 1. The highest BCUT2D eigenvalue weighted by molar-refractivity contribution is 6.31. The molecule has 3 rings (SSSR count). The standard InChI is InChI=1S/C21H18ClFN2O/c22-20-7-4-8-21(23)19(20)15-26-18-11-9-17(10-12-18)14-25-24-13-16-5-2-1-3-6-16/h1-12,14,24H,13,15H2. The average Bonchev–Trinajstić information content (AvgIpc) is 2.67. The van der Waals surface area contributed by atoms with Crippen LogP contribution in [0.1, 0.15) is 16.7 Å². The van der Waals surface area contributed by atoms with Gasteiger partial charge < -0.3 is 10.2 Å². The summed E-state index contributed by atoms with van der Waals surface area (Å²) >= 11 is 5.99. The van der Waals surface area contributed by atoms with E-state index in [2.05, 4.69) is 10.5 Å². The normalized spacial score (nSPS) is 10.8. The van der Waals surface area contributed by atoms with Crippen molar-refractivity contribution in [2.24, 2.45) is 5.10 Å². The van der Waals surface area contributed by atoms with Gasteiger partial charge >= 0.3 is 0 Å². The van der Waals surface area contributed by atoms with Gasteiger partial charge in [-0.25, -0.2) is 4.39 Å². The van der Waals surface area contributed by atoms with Crippen LogP contribution in [0.3, 0.4) is 0 Å². The van der Waals surface area contributed by atoms with Crippen LogP contribution in [0, 0.1) is 5.82 Å². The zero-order valence-corrected chi connectivity index (χ0v) is 14.8. The number of rotatable bonds is 7. The maximum absolute atomic E-state index is 13.7. The molecule has 0 unspecified atom stereocenters. The van der Waals surface area contributed by atoms with Gasteiger partial charge in [-0.05, 0) is 47.5 Å². The Morgan fingerprint density at radius 3 is 2.46 bits per heavy atom. The van der Waals surface area contributed by atoms with Crippen LogP contribution < -0.4 is 10.2 Å². The van der Waals surface area contributed by atoms with Crippen LogP contribution in [0.5, 0.6) is 5.75 Å². The quantitative estimate of drug-likeness (QED) is 0.460. The molecule has 0 amide bonds. The van der Waals surface area contributed by atoms with E-state index in [0.29, 0.717) is 22.9 Å². The number of nitrogens with zero attached hydrogens (tertiary/aromatic N) is 1. The van der Waals surface area contributed by atoms with Crippen molar-refractivity contribution in [3.8, 4) is 5.75 Å². The van der Waals surface area contributed by atoms with Gasteiger partial charge in [0.1, 0.15) is 18.2 Å². The summed E-state index contributed by atoms with van der Waals surface area (Å²) in [4.78, 5) is 0. The van der Waals surface area contributed by atoms with Gasteiger partial charge in [-0.3, -0.25) is 0 Å². The van der Waals surface area contributed by atoms with E-state index in [1.165, 1.54) is 11.6 Å². The fourth-order valence-electron chi connectivity index (χ4n) is 2.33. The zero-order chi connectivity index (χ0) is 18.2. The van der Waals surface area contributed by atoms with Crippen LogP contribution in [-0.2, 0) is 13.2 Å². The first-order valence-electron chi connectivity index (χ1n) is 8.18. The van der Waals surface area contributed by atoms with Gasteiger partial charge in [0.2, 0.25) is 0 Å². The molecule has 1 N–H and O–H groups in total. The van der Waals surface area contributed by atoms with Crippen molar-refractivity contribution in [3.63, 3.8) is 0 Å². The van der Waals surface area contributed by atoms with Crippen LogP contribution in [0.2, 0.25) is 5.02 Å². The molecule has 0 aliphatic heterocycles. The third-order valence-corrected chi connectivity index (χ3v) is 4.11. The highest BCUT2D eigenvalue weighted by Crippen LogP contribution is 2.21. The molecule has 3 aromatic rings. The van der Waals surface area contributed by atoms with Crippen molar-refractivity contribution >= 4 is 17.8 Å². The molecule has 0 saturated carbocycles. The first kappa shape index (κ1) is 18.0. The van der Waals surface area contributed by atoms with Crippen molar-refractivity contribution in [1.29, 1.82) is 0 Å². The first-order valence-corrected chi connectivity index (χ1v) is 8.56. The molecule has 0 saturated heterocycles. The second kappa shape index (κ2) is 9.02. The summed E-state index contributed by atoms with van der Waals surface area (Å²) in [6.45, 7) is 0.750. The fraction of sp³-hybridized carbons (Fsp3) is 0.0952. The molecular formula is C21H18ClFN2O. The van der Waals surface area contributed by atoms with Gasteiger partial charge in [0.15, 0.2) is 0 Å². The topological polar surface area (TPSA) is 33.6 Å². The molecule has 26 heavy (non-hydrogen) atoms. The molecule has 0 radical (unpaired) electrons. The second-order valence-electron chi connectivity index (χ2n) is 5.64. The van der Waals surface area contributed by atoms with Gasteiger partial charge in [-0.15, -0.1) is 0 Å². The zero-order valence-electron chi connectivity index (χ0n) is 14.0. The molecule has 132 valence electrons. The van der Waals surface area contributed by atoms with Crippen molar-refractivity contribution in [2.75, 3.05) is 0 Å². The lowest BCUT2D eigenvalue weighted by molar-refractivity contribution is 0.300. The highest BCUT2D eigenvalue weighted by atomic mass is 35.5. The Morgan fingerprint density at radius 1 is 0.962 bits per heavy atom. The number of hydrazone groups is 1. The van der Waals surface area contributed by atoms with E-state index in [1.807, 2.05) is 54.6 Å². The van der Waals surface area contributed by atoms with Gasteiger partial charge in [0.05, 0.1) is 17.8 Å². The largest absolute Gasteiger partial charge is 0.489 e. The Bertz CT molecular complexity index is 847. The highest BCUT2D eigenvalue weighted by Gasteiger charge is 2.07. The van der Waals surface area contributed by atoms with E-state index in [1.54, 1.807) is 18.3 Å². The number of halogens is 2. The molecule has 5 heteroatoms. The molecular weight excluding hydrogens is 351 g/mol. The number of hydrogen-bond acceptors (Lipinski definition) is 3. The second-order valence-corrected chi connectivity index (χ2v) is 6.04. The lowest BCUT2D eigenvalue weighted by atomic mass is 10.2. The minimum absolute atomic E-state index is 0.0809. The summed E-state index contributed by atoms with van der Waals surface area (Å²) in [5.41, 5.74) is 5.46. The molecule has 0 spiro atoms. The summed E-state index contributed by atoms with van der Waals surface area (Å²) < 4.78 is 19.3. The third kappa shape index (κ3) is 5.07. The predicted molar refractivity (Wildman–Crippen MR) is 103 cm³/mol. The lowest BCUT2D eigenvalue weighted by Gasteiger charge is -2.09. The molecule has 0 fully saturated rings. The van der Waals surface area contributed by atoms with Gasteiger partial charge in [0.25, 0.3) is 0 Å². The van der Waals surface area contributed by atoms with Gasteiger partial charge in [-0.2, -0.15) is 5.10 Å². The van der Waals surface area contributed by atoms with Crippen molar-refractivity contribution in [3.05, 3.63) is 100 Å². The lowest BCUT2D eigenvalue weighted by Crippen LogP contribution is -2.05. The van der Waals surface area contributed by atoms with Gasteiger partial charge in [0, 0.05) is 5.56 Å². The van der Waals surface area contributed by atoms with Crippen LogP contribution >= 0.6 is 11.6 Å². The Labute approximate surface area is 157 Å². The molecule has 3 aromatic carbocycles. The minimum atomic E-state index is -0.370. The summed E-state index contributed by atoms with van der Waals surface area (Å²) in [5.74, 6) is 0.268. The van der Waals surface area contributed by atoms with E-state index in [9.17, 15) is 4.39 Å². The average molecular weight is 369 g/mol. The molecule has 0 aliphatic rings. The summed E-state index contributed by atoms with van der Waals surface area (Å²) in [6.07, 6.45) is 1.74. The Balaban J connectivity index is 1.51. The smallest absolute Gasteiger partial charge is 0.131 e. The molecule has 0 aromatic heterocycles. The Hall–Kier alpha value is -2.85. The first-order chi connectivity index (χ1) is 12.7. The minimum Gasteiger partial charge on any atom is -0.489 e. The maximum atomic E-state index is 13.7. The van der Waals surface area contributed by atoms with E-state index in [4.69, 9.17) is 16.3 Å². The summed E-state index contributed by atoms with van der Waals surface area (Å²) in [6, 6.07) is 22.0. The van der Waals surface area contributed by atoms with Gasteiger partial charge in [-0.1, -0.05) is 48.0 Å². The monoisotopic (exact) mass is 368 g/mol. The Kier molecular flexibility index (Phi) is 6.23. The molecule has 0 heterocycles. The molecule has 0 atom stereocenters. The predicted octanol–water partition coefficient (Wildman–Crippen LogP) is 5.18. The van der Waals surface area contributed by atoms with Crippen molar-refractivity contribution in [1.82, 2.24) is 5.43 Å². The van der Waals surface area contributed by atoms with E-state index < -0.39 is 0 Å². The van der Waals surface area contributed by atoms with Crippen molar-refractivity contribution in [2.45, 2.75) is 13.2 Å². The third-order valence-electron chi connectivity index (χ3n) is 3.76. The Morgan fingerprint density at radius 2 is 1.73 bits per heavy atom. The van der Waals surface area contributed by atoms with Crippen LogP contribution in [0.4, 0.5) is 4.39 Å². The SMILES string of the molecule is Fc1cccc(Cl)c1COc1ccc(C=NNCc2ccccc2)cc1. The molecule has 0 bridgehead atoms. The molecule has 3 nitrogen and oxygen atoms in total. The number of hydrogen-bond donors (Lipinski definition) is 1. The summed E-state index contributed by atoms with van der Waals surface area (Å²) in [7, 11) is 0. The summed E-state index contributed by atoms with van der Waals surface area (Å²) in [5, 5.41) is 4.56. The number of benzene rings is 3. The van der Waals surface area contributed by atoms with E-state index in [0.717, 1.165) is 5.56 Å². The molecule has 0 aliphatic carbocycles.